The van der Waals surface area contributed by atoms with E-state index < -0.39 is 21.3 Å². The van der Waals surface area contributed by atoms with E-state index in [2.05, 4.69) is 0 Å². The summed E-state index contributed by atoms with van der Waals surface area (Å²) in [4.78, 5) is 11.1. The number of rotatable bonds is 4. The molecule has 1 aliphatic carbocycles. The summed E-state index contributed by atoms with van der Waals surface area (Å²) >= 11 is 0. The lowest BCUT2D eigenvalue weighted by atomic mass is 9.94. The zero-order chi connectivity index (χ0) is 14.0. The fourth-order valence-corrected chi connectivity index (χ4v) is 3.08. The van der Waals surface area contributed by atoms with Crippen LogP contribution in [-0.4, -0.2) is 38.1 Å². The van der Waals surface area contributed by atoms with Gasteiger partial charge in [0.05, 0.1) is 6.10 Å². The van der Waals surface area contributed by atoms with E-state index in [0.717, 1.165) is 31.3 Å². The van der Waals surface area contributed by atoms with Gasteiger partial charge in [-0.1, -0.05) is 5.57 Å². The molecule has 3 N–H and O–H groups in total. The van der Waals surface area contributed by atoms with Gasteiger partial charge in [0.15, 0.2) is 4.75 Å². The van der Waals surface area contributed by atoms with E-state index in [1.165, 1.54) is 19.3 Å². The normalized spacial score (nSPS) is 22.7. The molecule has 0 atom stereocenters. The zero-order valence-electron chi connectivity index (χ0n) is 11.0. The topological polar surface area (TPSA) is 87.0 Å². The van der Waals surface area contributed by atoms with Crippen molar-refractivity contribution in [3.8, 4) is 0 Å². The Balaban J connectivity index is 2.79. The molecule has 0 radical (unpaired) electrons. The monoisotopic (exact) mass is 278 g/mol. The van der Waals surface area contributed by atoms with Crippen LogP contribution in [0.5, 0.6) is 0 Å². The summed E-state index contributed by atoms with van der Waals surface area (Å²) in [7, 11) is -1.62. The number of hydrogen-bond acceptors (Lipinski definition) is 4. The number of aliphatic carboxylic acids is 1. The van der Waals surface area contributed by atoms with Crippen LogP contribution in [0.2, 0.25) is 0 Å². The molecule has 6 heteroatoms. The van der Waals surface area contributed by atoms with Gasteiger partial charge in [-0.3, -0.25) is 9.11 Å². The average Bonchev–Trinajstić information content (AvgIpc) is 2.29. The van der Waals surface area contributed by atoms with Gasteiger partial charge < -0.3 is 9.84 Å². The predicted octanol–water partition coefficient (Wildman–Crippen LogP) is 3.07. The average molecular weight is 278 g/mol. The second-order valence-corrected chi connectivity index (χ2v) is 7.56. The van der Waals surface area contributed by atoms with Crippen LogP contribution < -0.4 is 0 Å². The molecule has 1 aliphatic rings. The van der Waals surface area contributed by atoms with Crippen LogP contribution in [0.4, 0.5) is 0 Å². The molecule has 0 spiro atoms. The van der Waals surface area contributed by atoms with Crippen molar-refractivity contribution in [1.82, 2.24) is 0 Å². The van der Waals surface area contributed by atoms with E-state index in [1.54, 1.807) is 7.11 Å². The SMILES string of the molecule is COC1CCC(=CS(O)(O)C(C)(C)C(=O)O)CC1. The lowest BCUT2D eigenvalue weighted by Gasteiger charge is -2.41. The molecular weight excluding hydrogens is 256 g/mol. The summed E-state index contributed by atoms with van der Waals surface area (Å²) in [6.07, 6.45) is 3.35. The van der Waals surface area contributed by atoms with Gasteiger partial charge in [-0.05, 0) is 39.5 Å². The van der Waals surface area contributed by atoms with E-state index in [0.29, 0.717) is 0 Å². The molecule has 1 fully saturated rings. The molecule has 5 nitrogen and oxygen atoms in total. The van der Waals surface area contributed by atoms with Gasteiger partial charge in [0.2, 0.25) is 0 Å². The van der Waals surface area contributed by atoms with E-state index in [4.69, 9.17) is 9.84 Å². The minimum absolute atomic E-state index is 0.219. The Labute approximate surface area is 109 Å². The first kappa shape index (κ1) is 15.5. The first-order valence-corrected chi connectivity index (χ1v) is 7.55. The lowest BCUT2D eigenvalue weighted by Crippen LogP contribution is -2.36. The third-order valence-corrected chi connectivity index (χ3v) is 5.84. The highest BCUT2D eigenvalue weighted by atomic mass is 32.3. The molecule has 0 aromatic heterocycles. The Morgan fingerprint density at radius 1 is 1.39 bits per heavy atom. The predicted molar refractivity (Wildman–Crippen MR) is 71.9 cm³/mol. The van der Waals surface area contributed by atoms with Crippen molar-refractivity contribution in [2.45, 2.75) is 50.4 Å². The first-order chi connectivity index (χ1) is 8.20. The van der Waals surface area contributed by atoms with E-state index in [9.17, 15) is 13.9 Å². The van der Waals surface area contributed by atoms with Crippen LogP contribution in [0.3, 0.4) is 0 Å². The number of hydrogen-bond donors (Lipinski definition) is 3. The van der Waals surface area contributed by atoms with Gasteiger partial charge in [-0.2, -0.15) is 10.6 Å². The zero-order valence-corrected chi connectivity index (χ0v) is 11.9. The van der Waals surface area contributed by atoms with Crippen molar-refractivity contribution in [1.29, 1.82) is 0 Å². The van der Waals surface area contributed by atoms with Gasteiger partial charge in [0.25, 0.3) is 0 Å². The summed E-state index contributed by atoms with van der Waals surface area (Å²) in [5.74, 6) is -1.20. The summed E-state index contributed by atoms with van der Waals surface area (Å²) in [5.41, 5.74) is 0.914. The van der Waals surface area contributed by atoms with Crippen LogP contribution >= 0.6 is 10.6 Å². The van der Waals surface area contributed by atoms with Crippen LogP contribution in [0.25, 0.3) is 0 Å². The number of allylic oxidation sites excluding steroid dienone is 1. The van der Waals surface area contributed by atoms with E-state index >= 15 is 0 Å². The van der Waals surface area contributed by atoms with E-state index in [1.807, 2.05) is 0 Å². The number of ether oxygens (including phenoxy) is 1. The number of carboxylic acids is 1. The standard InChI is InChI=1S/C12H22O5S/c1-12(2,11(13)14)18(15,16)8-9-4-6-10(17-3)7-5-9/h8,10,15-16H,4-7H2,1-3H3,(H,13,14). The second-order valence-electron chi connectivity index (χ2n) is 5.12. The number of carbonyl (C=O) groups is 1. The summed E-state index contributed by atoms with van der Waals surface area (Å²) in [6.45, 7) is 2.67. The minimum atomic E-state index is -3.29. The maximum absolute atomic E-state index is 11.1. The Morgan fingerprint density at radius 2 is 1.89 bits per heavy atom. The van der Waals surface area contributed by atoms with Crippen molar-refractivity contribution in [3.05, 3.63) is 11.0 Å². The molecule has 0 aromatic carbocycles. The Bertz CT molecular complexity index is 338. The molecule has 0 aromatic rings. The van der Waals surface area contributed by atoms with Crippen molar-refractivity contribution in [3.63, 3.8) is 0 Å². The first-order valence-electron chi connectivity index (χ1n) is 5.94. The Hall–Kier alpha value is -0.560. The van der Waals surface area contributed by atoms with Gasteiger partial charge >= 0.3 is 5.97 Å². The molecule has 0 saturated heterocycles. The van der Waals surface area contributed by atoms with Crippen LogP contribution in [0.15, 0.2) is 11.0 Å². The highest BCUT2D eigenvalue weighted by molar-refractivity contribution is 8.28. The smallest absolute Gasteiger partial charge is 0.328 e. The number of carboxylic acid groups (broad SMARTS) is 1. The summed E-state index contributed by atoms with van der Waals surface area (Å²) in [6, 6.07) is 0. The molecule has 1 rings (SSSR count). The van der Waals surface area contributed by atoms with Gasteiger partial charge in [-0.15, -0.1) is 0 Å². The van der Waals surface area contributed by atoms with Gasteiger partial charge in [0.1, 0.15) is 0 Å². The lowest BCUT2D eigenvalue weighted by molar-refractivity contribution is -0.139. The third kappa shape index (κ3) is 3.26. The summed E-state index contributed by atoms with van der Waals surface area (Å²) in [5, 5.41) is 10.4. The molecule has 106 valence electrons. The fourth-order valence-electron chi connectivity index (χ4n) is 1.82. The fraction of sp³-hybridized carbons (Fsp3) is 0.750. The Kier molecular flexibility index (Phi) is 4.83. The van der Waals surface area contributed by atoms with Crippen LogP contribution in [0, 0.1) is 0 Å². The summed E-state index contributed by atoms with van der Waals surface area (Å²) < 4.78 is 23.8. The molecule has 0 heterocycles. The van der Waals surface area contributed by atoms with Crippen molar-refractivity contribution < 1.29 is 23.7 Å². The quantitative estimate of drug-likeness (QED) is 0.735. The maximum atomic E-state index is 11.1. The van der Waals surface area contributed by atoms with Gasteiger partial charge in [-0.25, -0.2) is 4.79 Å². The molecule has 0 aliphatic heterocycles. The molecular formula is C12H22O5S. The molecule has 1 saturated carbocycles. The third-order valence-electron chi connectivity index (χ3n) is 3.51. The van der Waals surface area contributed by atoms with Crippen molar-refractivity contribution >= 4 is 16.6 Å². The maximum Gasteiger partial charge on any atom is 0.328 e. The van der Waals surface area contributed by atoms with Gasteiger partial charge in [0, 0.05) is 12.5 Å². The van der Waals surface area contributed by atoms with Crippen molar-refractivity contribution in [2.24, 2.45) is 0 Å². The Morgan fingerprint density at radius 3 is 2.28 bits per heavy atom. The number of methoxy groups -OCH3 is 1. The van der Waals surface area contributed by atoms with Crippen LogP contribution in [0.1, 0.15) is 39.5 Å². The van der Waals surface area contributed by atoms with Crippen LogP contribution in [-0.2, 0) is 9.53 Å². The minimum Gasteiger partial charge on any atom is -0.480 e. The highest BCUT2D eigenvalue weighted by Gasteiger charge is 2.40. The molecule has 0 amide bonds. The van der Waals surface area contributed by atoms with Crippen molar-refractivity contribution in [2.75, 3.05) is 7.11 Å². The second kappa shape index (κ2) is 5.61. The van der Waals surface area contributed by atoms with E-state index in [-0.39, 0.29) is 6.10 Å². The largest absolute Gasteiger partial charge is 0.480 e. The highest BCUT2D eigenvalue weighted by Crippen LogP contribution is 2.55. The molecule has 0 unspecified atom stereocenters. The molecule has 0 bridgehead atoms. The molecule has 18 heavy (non-hydrogen) atoms.